The van der Waals surface area contributed by atoms with Gasteiger partial charge in [-0.1, -0.05) is 30.3 Å². The van der Waals surface area contributed by atoms with Crippen molar-refractivity contribution >= 4 is 17.8 Å². The number of imide groups is 1. The molecule has 30 heavy (non-hydrogen) atoms. The lowest BCUT2D eigenvalue weighted by molar-refractivity contribution is -0.137. The number of hydrogen-bond donors (Lipinski definition) is 1. The van der Waals surface area contributed by atoms with Gasteiger partial charge in [0.15, 0.2) is 0 Å². The van der Waals surface area contributed by atoms with Crippen molar-refractivity contribution in [1.29, 1.82) is 0 Å². The molecule has 3 rings (SSSR count). The number of carbonyl (C=O) groups is 3. The van der Waals surface area contributed by atoms with Gasteiger partial charge in [0.05, 0.1) is 12.5 Å². The van der Waals surface area contributed by atoms with Crippen molar-refractivity contribution in [1.82, 2.24) is 20.0 Å². The van der Waals surface area contributed by atoms with E-state index in [4.69, 9.17) is 4.74 Å². The fourth-order valence-corrected chi connectivity index (χ4v) is 4.05. The molecule has 0 aromatic heterocycles. The zero-order valence-electron chi connectivity index (χ0n) is 18.0. The second-order valence-electron chi connectivity index (χ2n) is 7.87. The van der Waals surface area contributed by atoms with Gasteiger partial charge in [0.25, 0.3) is 5.91 Å². The maximum Gasteiger partial charge on any atom is 0.327 e. The molecule has 8 nitrogen and oxygen atoms in total. The van der Waals surface area contributed by atoms with Crippen LogP contribution in [-0.4, -0.2) is 79.1 Å². The Morgan fingerprint density at radius 2 is 1.90 bits per heavy atom. The van der Waals surface area contributed by atoms with Crippen LogP contribution in [-0.2, 0) is 20.7 Å². The first kappa shape index (κ1) is 21.8. The van der Waals surface area contributed by atoms with E-state index in [0.717, 1.165) is 17.7 Å². The molecule has 1 fully saturated rings. The van der Waals surface area contributed by atoms with Crippen molar-refractivity contribution in [2.24, 2.45) is 5.92 Å². The maximum atomic E-state index is 13.1. The minimum Gasteiger partial charge on any atom is -0.383 e. The highest BCUT2D eigenvalue weighted by Crippen LogP contribution is 2.34. The second kappa shape index (κ2) is 9.30. The zero-order valence-corrected chi connectivity index (χ0v) is 18.0. The summed E-state index contributed by atoms with van der Waals surface area (Å²) in [7, 11) is 4.70. The van der Waals surface area contributed by atoms with E-state index < -0.39 is 12.1 Å². The van der Waals surface area contributed by atoms with Crippen molar-refractivity contribution < 1.29 is 19.1 Å². The third-order valence-corrected chi connectivity index (χ3v) is 5.74. The van der Waals surface area contributed by atoms with Gasteiger partial charge in [0.1, 0.15) is 11.9 Å². The summed E-state index contributed by atoms with van der Waals surface area (Å²) in [5, 5.41) is 3.04. The number of methoxy groups -OCH3 is 1. The average molecular weight is 415 g/mol. The minimum absolute atomic E-state index is 0.0387. The first-order valence-electron chi connectivity index (χ1n) is 10.2. The largest absolute Gasteiger partial charge is 0.383 e. The van der Waals surface area contributed by atoms with Gasteiger partial charge in [-0.15, -0.1) is 0 Å². The van der Waals surface area contributed by atoms with Gasteiger partial charge in [-0.05, 0) is 31.4 Å². The third kappa shape index (κ3) is 4.33. The van der Waals surface area contributed by atoms with Gasteiger partial charge in [0.2, 0.25) is 5.91 Å². The fraction of sp³-hybridized carbons (Fsp3) is 0.500. The molecule has 1 aromatic carbocycles. The Morgan fingerprint density at radius 3 is 2.57 bits per heavy atom. The van der Waals surface area contributed by atoms with Crippen LogP contribution in [0, 0.1) is 5.92 Å². The molecule has 162 valence electrons. The van der Waals surface area contributed by atoms with E-state index in [0.29, 0.717) is 18.8 Å². The molecule has 2 aliphatic rings. The van der Waals surface area contributed by atoms with Crippen molar-refractivity contribution in [3.63, 3.8) is 0 Å². The molecule has 0 spiro atoms. The van der Waals surface area contributed by atoms with E-state index in [1.54, 1.807) is 25.1 Å². The number of fused-ring (bicyclic) bond motifs is 1. The lowest BCUT2D eigenvalue weighted by Gasteiger charge is -2.43. The van der Waals surface area contributed by atoms with E-state index in [9.17, 15) is 14.4 Å². The van der Waals surface area contributed by atoms with Crippen molar-refractivity contribution in [3.8, 4) is 0 Å². The minimum atomic E-state index is -0.574. The Morgan fingerprint density at radius 1 is 1.20 bits per heavy atom. The molecule has 0 bridgehead atoms. The first-order chi connectivity index (χ1) is 14.3. The molecule has 1 N–H and O–H groups in total. The van der Waals surface area contributed by atoms with Crippen LogP contribution in [0.2, 0.25) is 0 Å². The lowest BCUT2D eigenvalue weighted by atomic mass is 10.0. The normalized spacial score (nSPS) is 22.1. The molecule has 2 heterocycles. The number of aryl methyl sites for hydroxylation is 1. The Balaban J connectivity index is 1.72. The van der Waals surface area contributed by atoms with Gasteiger partial charge < -0.3 is 19.9 Å². The summed E-state index contributed by atoms with van der Waals surface area (Å²) in [6.07, 6.45) is 2.83. The Labute approximate surface area is 177 Å². The predicted molar refractivity (Wildman–Crippen MR) is 112 cm³/mol. The number of benzene rings is 1. The molecule has 0 saturated carbocycles. The molecule has 3 unspecified atom stereocenters. The first-order valence-corrected chi connectivity index (χ1v) is 10.2. The molecule has 1 saturated heterocycles. The van der Waals surface area contributed by atoms with E-state index in [-0.39, 0.29) is 23.9 Å². The van der Waals surface area contributed by atoms with Gasteiger partial charge >= 0.3 is 6.03 Å². The van der Waals surface area contributed by atoms with Crippen molar-refractivity contribution in [2.45, 2.75) is 32.0 Å². The molecule has 0 radical (unpaired) electrons. The average Bonchev–Trinajstić information content (AvgIpc) is 3.13. The quantitative estimate of drug-likeness (QED) is 0.696. The van der Waals surface area contributed by atoms with E-state index in [2.05, 4.69) is 17.4 Å². The van der Waals surface area contributed by atoms with Gasteiger partial charge in [0, 0.05) is 33.8 Å². The van der Waals surface area contributed by atoms with Crippen LogP contribution in [0.3, 0.4) is 0 Å². The van der Waals surface area contributed by atoms with Gasteiger partial charge in [-0.2, -0.15) is 0 Å². The molecule has 1 aromatic rings. The van der Waals surface area contributed by atoms with E-state index in [1.165, 1.54) is 17.5 Å². The number of amides is 4. The van der Waals surface area contributed by atoms with Crippen molar-refractivity contribution in [3.05, 3.63) is 47.7 Å². The topological polar surface area (TPSA) is 82.2 Å². The third-order valence-electron chi connectivity index (χ3n) is 5.74. The maximum absolute atomic E-state index is 13.1. The number of nitrogens with one attached hydrogen (secondary N) is 1. The summed E-state index contributed by atoms with van der Waals surface area (Å²) in [5.41, 5.74) is 1.64. The van der Waals surface area contributed by atoms with Gasteiger partial charge in [-0.3, -0.25) is 14.5 Å². The second-order valence-corrected chi connectivity index (χ2v) is 7.87. The van der Waals surface area contributed by atoms with Crippen LogP contribution >= 0.6 is 0 Å². The highest BCUT2D eigenvalue weighted by Gasteiger charge is 2.50. The van der Waals surface area contributed by atoms with Gasteiger partial charge in [-0.25, -0.2) is 4.79 Å². The molecule has 3 atom stereocenters. The Kier molecular flexibility index (Phi) is 6.77. The van der Waals surface area contributed by atoms with Crippen LogP contribution < -0.4 is 5.32 Å². The van der Waals surface area contributed by atoms with Crippen LogP contribution in [0.25, 0.3) is 0 Å². The van der Waals surface area contributed by atoms with Crippen molar-refractivity contribution in [2.75, 3.05) is 34.4 Å². The van der Waals surface area contributed by atoms with E-state index >= 15 is 0 Å². The lowest BCUT2D eigenvalue weighted by Crippen LogP contribution is -2.62. The van der Waals surface area contributed by atoms with E-state index in [1.807, 2.05) is 25.1 Å². The monoisotopic (exact) mass is 414 g/mol. The highest BCUT2D eigenvalue weighted by molar-refractivity contribution is 6.02. The summed E-state index contributed by atoms with van der Waals surface area (Å²) in [6, 6.07) is 9.71. The molecule has 0 aliphatic carbocycles. The predicted octanol–water partition coefficient (Wildman–Crippen LogP) is 1.44. The van der Waals surface area contributed by atoms with Crippen LogP contribution in [0.1, 0.15) is 18.9 Å². The molecular formula is C22H30N4O4. The number of ether oxygens (including phenoxy) is 1. The summed E-state index contributed by atoms with van der Waals surface area (Å²) in [6.45, 7) is 2.75. The number of nitrogens with zero attached hydrogens (tertiary/aromatic N) is 3. The SMILES string of the molecule is COCCN1C(C(=O)NC(C)CCc2ccccc2)=CC2C(=O)N(C)C(=O)N(C)C21. The fourth-order valence-electron chi connectivity index (χ4n) is 4.05. The standard InChI is InChI=1S/C22H30N4O4/c1-15(10-11-16-8-6-5-7-9-16)23-19(27)18-14-17-20(26(18)12-13-30-4)24(2)22(29)25(3)21(17)28/h5-9,14-15,17,20H,10-13H2,1-4H3,(H,23,27). The molecule has 2 aliphatic heterocycles. The molecule has 8 heteroatoms. The Hall–Kier alpha value is -2.87. The molecule has 4 amide bonds. The van der Waals surface area contributed by atoms with Crippen LogP contribution in [0.5, 0.6) is 0 Å². The molecular weight excluding hydrogens is 384 g/mol. The van der Waals surface area contributed by atoms with Crippen LogP contribution in [0.15, 0.2) is 42.1 Å². The highest BCUT2D eigenvalue weighted by atomic mass is 16.5. The smallest absolute Gasteiger partial charge is 0.327 e. The summed E-state index contributed by atoms with van der Waals surface area (Å²) < 4.78 is 5.19. The zero-order chi connectivity index (χ0) is 21.8. The summed E-state index contributed by atoms with van der Waals surface area (Å²) in [5.74, 6) is -1.11. The number of carbonyl (C=O) groups excluding carboxylic acids is 3. The summed E-state index contributed by atoms with van der Waals surface area (Å²) >= 11 is 0. The number of urea groups is 1. The Bertz CT molecular complexity index is 826. The number of rotatable bonds is 8. The number of hydrogen-bond acceptors (Lipinski definition) is 5. The summed E-state index contributed by atoms with van der Waals surface area (Å²) in [4.78, 5) is 42.6. The van der Waals surface area contributed by atoms with Crippen LogP contribution in [0.4, 0.5) is 4.79 Å².